The SMILES string of the molecule is COc1cc(/C=C/C(=O)NC2CCN(Cc3ccc(Cl)cc3)CC2)cc2c1OCCO2. The van der Waals surface area contributed by atoms with E-state index in [1.807, 2.05) is 24.3 Å². The molecule has 4 rings (SSSR count). The van der Waals surface area contributed by atoms with Gasteiger partial charge in [0.25, 0.3) is 0 Å². The summed E-state index contributed by atoms with van der Waals surface area (Å²) in [7, 11) is 1.59. The topological polar surface area (TPSA) is 60.0 Å². The zero-order valence-electron chi connectivity index (χ0n) is 17.6. The number of fused-ring (bicyclic) bond motifs is 1. The van der Waals surface area contributed by atoms with Gasteiger partial charge in [0, 0.05) is 36.8 Å². The molecular weight excluding hydrogens is 416 g/mol. The van der Waals surface area contributed by atoms with Crippen LogP contribution in [0.5, 0.6) is 17.2 Å². The molecule has 0 bridgehead atoms. The number of piperidine rings is 1. The maximum absolute atomic E-state index is 12.4. The number of carbonyl (C=O) groups is 1. The number of ether oxygens (including phenoxy) is 3. The lowest BCUT2D eigenvalue weighted by Crippen LogP contribution is -2.43. The van der Waals surface area contributed by atoms with Crippen LogP contribution in [0, 0.1) is 0 Å². The van der Waals surface area contributed by atoms with Crippen LogP contribution in [0.1, 0.15) is 24.0 Å². The molecule has 0 spiro atoms. The van der Waals surface area contributed by atoms with Crippen LogP contribution in [0.3, 0.4) is 0 Å². The van der Waals surface area contributed by atoms with E-state index >= 15 is 0 Å². The Hall–Kier alpha value is -2.70. The average molecular weight is 443 g/mol. The molecule has 1 N–H and O–H groups in total. The Morgan fingerprint density at radius 1 is 1.19 bits per heavy atom. The van der Waals surface area contributed by atoms with E-state index in [-0.39, 0.29) is 11.9 Å². The van der Waals surface area contributed by atoms with Gasteiger partial charge < -0.3 is 19.5 Å². The number of rotatable bonds is 6. The molecular formula is C24H27ClN2O4. The summed E-state index contributed by atoms with van der Waals surface area (Å²) in [6.45, 7) is 3.82. The number of halogens is 1. The van der Waals surface area contributed by atoms with E-state index in [9.17, 15) is 4.79 Å². The van der Waals surface area contributed by atoms with Gasteiger partial charge in [-0.05, 0) is 54.3 Å². The molecule has 0 aromatic heterocycles. The first-order chi connectivity index (χ1) is 15.1. The second-order valence-electron chi connectivity index (χ2n) is 7.77. The third-order valence-electron chi connectivity index (χ3n) is 5.53. The van der Waals surface area contributed by atoms with E-state index in [1.165, 1.54) is 5.56 Å². The van der Waals surface area contributed by atoms with Crippen LogP contribution in [0.4, 0.5) is 0 Å². The molecule has 2 heterocycles. The predicted molar refractivity (Wildman–Crippen MR) is 121 cm³/mol. The maximum Gasteiger partial charge on any atom is 0.244 e. The molecule has 0 unspecified atom stereocenters. The van der Waals surface area contributed by atoms with Crippen molar-refractivity contribution in [3.63, 3.8) is 0 Å². The third-order valence-corrected chi connectivity index (χ3v) is 5.78. The van der Waals surface area contributed by atoms with Crippen LogP contribution in [0.25, 0.3) is 6.08 Å². The summed E-state index contributed by atoms with van der Waals surface area (Å²) in [6.07, 6.45) is 5.20. The minimum Gasteiger partial charge on any atom is -0.493 e. The van der Waals surface area contributed by atoms with E-state index in [4.69, 9.17) is 25.8 Å². The predicted octanol–water partition coefficient (Wildman–Crippen LogP) is 3.91. The van der Waals surface area contributed by atoms with Crippen LogP contribution >= 0.6 is 11.6 Å². The van der Waals surface area contributed by atoms with Crippen molar-refractivity contribution in [1.82, 2.24) is 10.2 Å². The fourth-order valence-corrected chi connectivity index (χ4v) is 4.02. The molecule has 31 heavy (non-hydrogen) atoms. The van der Waals surface area contributed by atoms with Crippen molar-refractivity contribution in [3.05, 3.63) is 58.6 Å². The van der Waals surface area contributed by atoms with E-state index in [0.29, 0.717) is 30.5 Å². The highest BCUT2D eigenvalue weighted by molar-refractivity contribution is 6.30. The van der Waals surface area contributed by atoms with Crippen molar-refractivity contribution < 1.29 is 19.0 Å². The molecule has 1 amide bonds. The van der Waals surface area contributed by atoms with Crippen LogP contribution in [0.15, 0.2) is 42.5 Å². The molecule has 0 atom stereocenters. The number of amides is 1. The molecule has 2 aliphatic rings. The van der Waals surface area contributed by atoms with Gasteiger partial charge >= 0.3 is 0 Å². The van der Waals surface area contributed by atoms with Gasteiger partial charge in [-0.2, -0.15) is 0 Å². The highest BCUT2D eigenvalue weighted by Crippen LogP contribution is 2.40. The monoisotopic (exact) mass is 442 g/mol. The highest BCUT2D eigenvalue weighted by Gasteiger charge is 2.21. The summed E-state index contributed by atoms with van der Waals surface area (Å²) < 4.78 is 16.6. The molecule has 2 aromatic rings. The number of hydrogen-bond acceptors (Lipinski definition) is 5. The van der Waals surface area contributed by atoms with Crippen molar-refractivity contribution in [1.29, 1.82) is 0 Å². The van der Waals surface area contributed by atoms with Gasteiger partial charge in [0.05, 0.1) is 7.11 Å². The van der Waals surface area contributed by atoms with Crippen LogP contribution in [-0.4, -0.2) is 50.3 Å². The maximum atomic E-state index is 12.4. The summed E-state index contributed by atoms with van der Waals surface area (Å²) in [6, 6.07) is 11.9. The highest BCUT2D eigenvalue weighted by atomic mass is 35.5. The molecule has 0 radical (unpaired) electrons. The molecule has 1 saturated heterocycles. The van der Waals surface area contributed by atoms with Gasteiger partial charge in [0.2, 0.25) is 11.7 Å². The van der Waals surface area contributed by atoms with E-state index in [0.717, 1.165) is 43.1 Å². The average Bonchev–Trinajstić information content (AvgIpc) is 2.80. The summed E-state index contributed by atoms with van der Waals surface area (Å²) >= 11 is 5.96. The van der Waals surface area contributed by atoms with Crippen LogP contribution < -0.4 is 19.5 Å². The molecule has 0 aliphatic carbocycles. The van der Waals surface area contributed by atoms with Crippen molar-refractivity contribution in [3.8, 4) is 17.2 Å². The number of nitrogens with one attached hydrogen (secondary N) is 1. The number of hydrogen-bond donors (Lipinski definition) is 1. The molecule has 164 valence electrons. The molecule has 2 aromatic carbocycles. The minimum absolute atomic E-state index is 0.0926. The first-order valence-corrected chi connectivity index (χ1v) is 10.9. The Labute approximate surface area is 187 Å². The van der Waals surface area contributed by atoms with E-state index in [2.05, 4.69) is 22.3 Å². The summed E-state index contributed by atoms with van der Waals surface area (Å²) in [4.78, 5) is 14.8. The van der Waals surface area contributed by atoms with Crippen molar-refractivity contribution in [2.75, 3.05) is 33.4 Å². The standard InChI is InChI=1S/C24H27ClN2O4/c1-29-21-14-18(15-22-24(21)31-13-12-30-22)4-7-23(28)26-20-8-10-27(11-9-20)16-17-2-5-19(25)6-3-17/h2-7,14-15,20H,8-13,16H2,1H3,(H,26,28)/b7-4+. The fourth-order valence-electron chi connectivity index (χ4n) is 3.89. The smallest absolute Gasteiger partial charge is 0.244 e. The Morgan fingerprint density at radius 2 is 1.94 bits per heavy atom. The quantitative estimate of drug-likeness (QED) is 0.687. The Balaban J connectivity index is 1.27. The third kappa shape index (κ3) is 5.71. The molecule has 6 nitrogen and oxygen atoms in total. The number of methoxy groups -OCH3 is 1. The zero-order valence-corrected chi connectivity index (χ0v) is 18.4. The number of benzene rings is 2. The van der Waals surface area contributed by atoms with Gasteiger partial charge in [-0.15, -0.1) is 0 Å². The summed E-state index contributed by atoms with van der Waals surface area (Å²) in [5.74, 6) is 1.76. The second kappa shape index (κ2) is 10.1. The Bertz CT molecular complexity index is 920. The molecule has 1 fully saturated rings. The van der Waals surface area contributed by atoms with Crippen molar-refractivity contribution in [2.45, 2.75) is 25.4 Å². The number of likely N-dealkylation sites (tertiary alicyclic amines) is 1. The van der Waals surface area contributed by atoms with Gasteiger partial charge in [-0.3, -0.25) is 9.69 Å². The first-order valence-electron chi connectivity index (χ1n) is 10.5. The van der Waals surface area contributed by atoms with E-state index < -0.39 is 0 Å². The number of carbonyl (C=O) groups excluding carboxylic acids is 1. The zero-order chi connectivity index (χ0) is 21.6. The lowest BCUT2D eigenvalue weighted by atomic mass is 10.0. The lowest BCUT2D eigenvalue weighted by Gasteiger charge is -2.32. The summed E-state index contributed by atoms with van der Waals surface area (Å²) in [5.41, 5.74) is 2.08. The molecule has 7 heteroatoms. The van der Waals surface area contributed by atoms with Gasteiger partial charge in [0.1, 0.15) is 13.2 Å². The second-order valence-corrected chi connectivity index (χ2v) is 8.20. The summed E-state index contributed by atoms with van der Waals surface area (Å²) in [5, 5.41) is 3.87. The minimum atomic E-state index is -0.0926. The largest absolute Gasteiger partial charge is 0.493 e. The van der Waals surface area contributed by atoms with E-state index in [1.54, 1.807) is 19.3 Å². The number of nitrogens with zero attached hydrogens (tertiary/aromatic N) is 1. The van der Waals surface area contributed by atoms with Gasteiger partial charge in [-0.1, -0.05) is 23.7 Å². The Morgan fingerprint density at radius 3 is 2.68 bits per heavy atom. The Kier molecular flexibility index (Phi) is 6.99. The van der Waals surface area contributed by atoms with Crippen molar-refractivity contribution >= 4 is 23.6 Å². The fraction of sp³-hybridized carbons (Fsp3) is 0.375. The van der Waals surface area contributed by atoms with Crippen LogP contribution in [-0.2, 0) is 11.3 Å². The van der Waals surface area contributed by atoms with Gasteiger partial charge in [-0.25, -0.2) is 0 Å². The first kappa shape index (κ1) is 21.5. The normalized spacial score (nSPS) is 17.0. The van der Waals surface area contributed by atoms with Gasteiger partial charge in [0.15, 0.2) is 11.5 Å². The molecule has 0 saturated carbocycles. The lowest BCUT2D eigenvalue weighted by molar-refractivity contribution is -0.117. The van der Waals surface area contributed by atoms with Crippen molar-refractivity contribution in [2.24, 2.45) is 0 Å². The van der Waals surface area contributed by atoms with Crippen LogP contribution in [0.2, 0.25) is 5.02 Å². The molecule has 2 aliphatic heterocycles.